The molecule has 1 N–H and O–H groups in total. The van der Waals surface area contributed by atoms with E-state index in [1.807, 2.05) is 0 Å². The highest BCUT2D eigenvalue weighted by Crippen LogP contribution is 2.21. The third kappa shape index (κ3) is 4.05. The highest BCUT2D eigenvalue weighted by molar-refractivity contribution is 5.18. The summed E-state index contributed by atoms with van der Waals surface area (Å²) in [5.74, 6) is 0.656. The summed E-state index contributed by atoms with van der Waals surface area (Å²) in [5, 5.41) is 3.65. The van der Waals surface area contributed by atoms with Crippen molar-refractivity contribution < 1.29 is 0 Å². The molecule has 0 radical (unpaired) electrons. The lowest BCUT2D eigenvalue weighted by Gasteiger charge is -2.41. The van der Waals surface area contributed by atoms with Crippen molar-refractivity contribution in [3.05, 3.63) is 35.9 Å². The topological polar surface area (TPSA) is 15.3 Å². The molecule has 0 bridgehead atoms. The molecule has 2 heteroatoms. The van der Waals surface area contributed by atoms with Gasteiger partial charge in [0, 0.05) is 25.2 Å². The Hall–Kier alpha value is -0.860. The lowest BCUT2D eigenvalue weighted by molar-refractivity contribution is 0.137. The van der Waals surface area contributed by atoms with Gasteiger partial charge in [0.15, 0.2) is 0 Å². The van der Waals surface area contributed by atoms with Crippen LogP contribution in [0.2, 0.25) is 0 Å². The number of hydrogen-bond acceptors (Lipinski definition) is 2. The van der Waals surface area contributed by atoms with Crippen molar-refractivity contribution in [2.75, 3.05) is 26.2 Å². The molecule has 2 unspecified atom stereocenters. The van der Waals surface area contributed by atoms with Crippen molar-refractivity contribution in [3.8, 4) is 0 Å². The van der Waals surface area contributed by atoms with E-state index < -0.39 is 0 Å². The van der Waals surface area contributed by atoms with Gasteiger partial charge in [-0.25, -0.2) is 0 Å². The fraction of sp³-hybridized carbons (Fsp3) is 0.647. The fourth-order valence-electron chi connectivity index (χ4n) is 2.90. The lowest BCUT2D eigenvalue weighted by atomic mass is 9.94. The smallest absolute Gasteiger partial charge is 0.0278 e. The third-order valence-corrected chi connectivity index (χ3v) is 4.58. The summed E-state index contributed by atoms with van der Waals surface area (Å²) in [7, 11) is 0. The second kappa shape index (κ2) is 6.53. The van der Waals surface area contributed by atoms with E-state index in [9.17, 15) is 0 Å². The fourth-order valence-corrected chi connectivity index (χ4v) is 2.90. The Kier molecular flexibility index (Phi) is 5.00. The second-order valence-corrected chi connectivity index (χ2v) is 6.22. The zero-order valence-corrected chi connectivity index (χ0v) is 12.7. The van der Waals surface area contributed by atoms with Gasteiger partial charge in [-0.05, 0) is 37.8 Å². The summed E-state index contributed by atoms with van der Waals surface area (Å²) >= 11 is 0. The highest BCUT2D eigenvalue weighted by atomic mass is 15.2. The van der Waals surface area contributed by atoms with Crippen molar-refractivity contribution in [2.45, 2.75) is 45.1 Å². The van der Waals surface area contributed by atoms with Gasteiger partial charge in [-0.3, -0.25) is 0 Å². The van der Waals surface area contributed by atoms with Crippen molar-refractivity contribution >= 4 is 0 Å². The predicted molar refractivity (Wildman–Crippen MR) is 82.6 cm³/mol. The maximum atomic E-state index is 3.65. The Morgan fingerprint density at radius 1 is 1.32 bits per heavy atom. The molecule has 1 saturated heterocycles. The normalized spacial score (nSPS) is 26.3. The van der Waals surface area contributed by atoms with Crippen molar-refractivity contribution in [2.24, 2.45) is 0 Å². The zero-order chi connectivity index (χ0) is 13.7. The van der Waals surface area contributed by atoms with Crippen LogP contribution in [0, 0.1) is 0 Å². The van der Waals surface area contributed by atoms with E-state index >= 15 is 0 Å². The molecule has 0 aliphatic carbocycles. The van der Waals surface area contributed by atoms with Crippen LogP contribution >= 0.6 is 0 Å². The Labute approximate surface area is 118 Å². The SMILES string of the molecule is CCC1(C)CN(CCC(C)c2ccccc2)CCN1. The van der Waals surface area contributed by atoms with Crippen LogP contribution in [0.15, 0.2) is 30.3 Å². The molecule has 0 spiro atoms. The maximum Gasteiger partial charge on any atom is 0.0278 e. The van der Waals surface area contributed by atoms with Crippen LogP contribution in [-0.2, 0) is 0 Å². The zero-order valence-electron chi connectivity index (χ0n) is 12.7. The maximum absolute atomic E-state index is 3.65. The average molecular weight is 260 g/mol. The molecule has 106 valence electrons. The molecule has 0 amide bonds. The molecule has 1 fully saturated rings. The van der Waals surface area contributed by atoms with E-state index in [0.29, 0.717) is 11.5 Å². The molecule has 1 aliphatic heterocycles. The number of rotatable bonds is 5. The Morgan fingerprint density at radius 2 is 2.05 bits per heavy atom. The molecule has 0 aromatic heterocycles. The lowest BCUT2D eigenvalue weighted by Crippen LogP contribution is -2.58. The van der Waals surface area contributed by atoms with Gasteiger partial charge < -0.3 is 10.2 Å². The van der Waals surface area contributed by atoms with Gasteiger partial charge in [0.25, 0.3) is 0 Å². The molecule has 2 nitrogen and oxygen atoms in total. The number of benzene rings is 1. The number of piperazine rings is 1. The van der Waals surface area contributed by atoms with E-state index in [4.69, 9.17) is 0 Å². The first-order valence-electron chi connectivity index (χ1n) is 7.65. The number of nitrogens with one attached hydrogen (secondary N) is 1. The first-order valence-corrected chi connectivity index (χ1v) is 7.65. The van der Waals surface area contributed by atoms with Gasteiger partial charge >= 0.3 is 0 Å². The Balaban J connectivity index is 1.82. The minimum absolute atomic E-state index is 0.314. The predicted octanol–water partition coefficient (Wildman–Crippen LogP) is 3.25. The summed E-state index contributed by atoms with van der Waals surface area (Å²) in [6, 6.07) is 10.9. The summed E-state index contributed by atoms with van der Waals surface area (Å²) in [5.41, 5.74) is 1.78. The molecule has 0 saturated carbocycles. The second-order valence-electron chi connectivity index (χ2n) is 6.22. The first-order chi connectivity index (χ1) is 9.13. The van der Waals surface area contributed by atoms with E-state index in [2.05, 4.69) is 61.3 Å². The first kappa shape index (κ1) is 14.5. The van der Waals surface area contributed by atoms with Gasteiger partial charge in [0.2, 0.25) is 0 Å². The molecule has 2 atom stereocenters. The van der Waals surface area contributed by atoms with Crippen LogP contribution in [-0.4, -0.2) is 36.6 Å². The highest BCUT2D eigenvalue weighted by Gasteiger charge is 2.28. The van der Waals surface area contributed by atoms with Crippen LogP contribution in [0.1, 0.15) is 45.1 Å². The minimum atomic E-state index is 0.314. The quantitative estimate of drug-likeness (QED) is 0.874. The number of nitrogens with zero attached hydrogens (tertiary/aromatic N) is 1. The standard InChI is InChI=1S/C17H28N2/c1-4-17(3)14-19(13-11-18-17)12-10-15(2)16-8-6-5-7-9-16/h5-9,15,18H,4,10-14H2,1-3H3. The van der Waals surface area contributed by atoms with E-state index in [1.54, 1.807) is 0 Å². The van der Waals surface area contributed by atoms with Crippen LogP contribution in [0.3, 0.4) is 0 Å². The molecule has 1 aromatic rings. The van der Waals surface area contributed by atoms with Gasteiger partial charge in [0.1, 0.15) is 0 Å². The average Bonchev–Trinajstić information content (AvgIpc) is 2.46. The molecule has 1 aromatic carbocycles. The summed E-state index contributed by atoms with van der Waals surface area (Å²) in [6.45, 7) is 11.7. The van der Waals surface area contributed by atoms with E-state index in [-0.39, 0.29) is 0 Å². The van der Waals surface area contributed by atoms with Crippen molar-refractivity contribution in [1.29, 1.82) is 0 Å². The van der Waals surface area contributed by atoms with Gasteiger partial charge in [-0.1, -0.05) is 44.2 Å². The minimum Gasteiger partial charge on any atom is -0.309 e. The molecular weight excluding hydrogens is 232 g/mol. The third-order valence-electron chi connectivity index (χ3n) is 4.58. The molecular formula is C17H28N2. The number of hydrogen-bond donors (Lipinski definition) is 1. The van der Waals surface area contributed by atoms with E-state index in [1.165, 1.54) is 38.0 Å². The monoisotopic (exact) mass is 260 g/mol. The summed E-state index contributed by atoms with van der Waals surface area (Å²) < 4.78 is 0. The van der Waals surface area contributed by atoms with Crippen LogP contribution < -0.4 is 5.32 Å². The Bertz CT molecular complexity index is 376. The van der Waals surface area contributed by atoms with Crippen LogP contribution in [0.25, 0.3) is 0 Å². The molecule has 19 heavy (non-hydrogen) atoms. The van der Waals surface area contributed by atoms with Gasteiger partial charge in [-0.15, -0.1) is 0 Å². The summed E-state index contributed by atoms with van der Waals surface area (Å²) in [4.78, 5) is 2.62. The van der Waals surface area contributed by atoms with Crippen molar-refractivity contribution in [1.82, 2.24) is 10.2 Å². The largest absolute Gasteiger partial charge is 0.309 e. The van der Waals surface area contributed by atoms with E-state index in [0.717, 1.165) is 6.54 Å². The van der Waals surface area contributed by atoms with Crippen LogP contribution in [0.5, 0.6) is 0 Å². The van der Waals surface area contributed by atoms with Crippen molar-refractivity contribution in [3.63, 3.8) is 0 Å². The summed E-state index contributed by atoms with van der Waals surface area (Å²) in [6.07, 6.45) is 2.46. The molecule has 1 heterocycles. The van der Waals surface area contributed by atoms with Gasteiger partial charge in [0.05, 0.1) is 0 Å². The molecule has 2 rings (SSSR count). The van der Waals surface area contributed by atoms with Gasteiger partial charge in [-0.2, -0.15) is 0 Å². The Morgan fingerprint density at radius 3 is 2.74 bits per heavy atom. The van der Waals surface area contributed by atoms with Crippen LogP contribution in [0.4, 0.5) is 0 Å². The molecule has 1 aliphatic rings.